The van der Waals surface area contributed by atoms with E-state index in [2.05, 4.69) is 6.92 Å². The molecule has 0 radical (unpaired) electrons. The van der Waals surface area contributed by atoms with E-state index in [4.69, 9.17) is 4.74 Å². The predicted octanol–water partition coefficient (Wildman–Crippen LogP) is 3.11. The Balaban J connectivity index is 3.18. The van der Waals surface area contributed by atoms with Crippen LogP contribution in [0.5, 0.6) is 0 Å². The molecule has 0 aliphatic heterocycles. The summed E-state index contributed by atoms with van der Waals surface area (Å²) in [4.78, 5) is 11.1. The van der Waals surface area contributed by atoms with Gasteiger partial charge in [-0.1, -0.05) is 20.8 Å². The monoisotopic (exact) mass is 218 g/mol. The number of ether oxygens (including phenoxy) is 1. The summed E-state index contributed by atoms with van der Waals surface area (Å²) in [6.07, 6.45) is 2.73. The van der Waals surface area contributed by atoms with E-state index in [1.807, 2.05) is 25.6 Å². The van der Waals surface area contributed by atoms with Crippen LogP contribution in [0.4, 0.5) is 0 Å². The SMILES string of the molecule is CCCSCCCC(=O)OCC(C)C. The van der Waals surface area contributed by atoms with E-state index in [0.29, 0.717) is 18.9 Å². The van der Waals surface area contributed by atoms with Gasteiger partial charge in [-0.25, -0.2) is 0 Å². The first-order valence-corrected chi connectivity index (χ1v) is 6.55. The molecule has 0 aliphatic rings. The largest absolute Gasteiger partial charge is 0.465 e. The van der Waals surface area contributed by atoms with Gasteiger partial charge in [0.05, 0.1) is 6.61 Å². The highest BCUT2D eigenvalue weighted by molar-refractivity contribution is 7.99. The summed E-state index contributed by atoms with van der Waals surface area (Å²) in [5, 5.41) is 0. The molecule has 0 fully saturated rings. The standard InChI is InChI=1S/C11H22O2S/c1-4-7-14-8-5-6-11(12)13-9-10(2)3/h10H,4-9H2,1-3H3. The van der Waals surface area contributed by atoms with Gasteiger partial charge >= 0.3 is 5.97 Å². The summed E-state index contributed by atoms with van der Waals surface area (Å²) in [6.45, 7) is 6.82. The fourth-order valence-electron chi connectivity index (χ4n) is 0.897. The van der Waals surface area contributed by atoms with E-state index in [1.165, 1.54) is 12.2 Å². The van der Waals surface area contributed by atoms with Gasteiger partial charge in [0, 0.05) is 6.42 Å². The summed E-state index contributed by atoms with van der Waals surface area (Å²) < 4.78 is 5.06. The van der Waals surface area contributed by atoms with Crippen molar-refractivity contribution in [2.75, 3.05) is 18.1 Å². The molecule has 0 amide bonds. The molecular formula is C11H22O2S. The van der Waals surface area contributed by atoms with Gasteiger partial charge in [-0.2, -0.15) is 11.8 Å². The maximum Gasteiger partial charge on any atom is 0.305 e. The maximum atomic E-state index is 11.1. The molecule has 0 aromatic heterocycles. The lowest BCUT2D eigenvalue weighted by Gasteiger charge is -2.06. The molecule has 0 saturated carbocycles. The Bertz CT molecular complexity index is 146. The third kappa shape index (κ3) is 9.90. The highest BCUT2D eigenvalue weighted by atomic mass is 32.2. The second-order valence-electron chi connectivity index (χ2n) is 3.79. The van der Waals surface area contributed by atoms with Crippen LogP contribution in [0.3, 0.4) is 0 Å². The van der Waals surface area contributed by atoms with E-state index >= 15 is 0 Å². The van der Waals surface area contributed by atoms with E-state index in [9.17, 15) is 4.79 Å². The molecule has 0 bridgehead atoms. The van der Waals surface area contributed by atoms with Crippen LogP contribution >= 0.6 is 11.8 Å². The summed E-state index contributed by atoms with van der Waals surface area (Å²) in [5.41, 5.74) is 0. The molecule has 14 heavy (non-hydrogen) atoms. The van der Waals surface area contributed by atoms with Crippen LogP contribution in [0.1, 0.15) is 40.0 Å². The molecule has 0 aromatic carbocycles. The van der Waals surface area contributed by atoms with Gasteiger partial charge in [0.25, 0.3) is 0 Å². The molecule has 0 heterocycles. The normalized spacial score (nSPS) is 10.6. The number of carbonyl (C=O) groups excluding carboxylic acids is 1. The van der Waals surface area contributed by atoms with Gasteiger partial charge < -0.3 is 4.74 Å². The summed E-state index contributed by atoms with van der Waals surface area (Å²) in [6, 6.07) is 0. The van der Waals surface area contributed by atoms with Gasteiger partial charge in [0.15, 0.2) is 0 Å². The molecule has 0 aromatic rings. The summed E-state index contributed by atoms with van der Waals surface area (Å²) >= 11 is 1.91. The summed E-state index contributed by atoms with van der Waals surface area (Å²) in [5.74, 6) is 2.66. The van der Waals surface area contributed by atoms with Gasteiger partial charge in [0.1, 0.15) is 0 Å². The van der Waals surface area contributed by atoms with Crippen LogP contribution in [-0.4, -0.2) is 24.1 Å². The number of thioether (sulfide) groups is 1. The Kier molecular flexibility index (Phi) is 9.26. The topological polar surface area (TPSA) is 26.3 Å². The fourth-order valence-corrected chi connectivity index (χ4v) is 1.74. The van der Waals surface area contributed by atoms with Gasteiger partial charge in [-0.15, -0.1) is 0 Å². The minimum absolute atomic E-state index is 0.0456. The van der Waals surface area contributed by atoms with Crippen molar-refractivity contribution in [3.05, 3.63) is 0 Å². The number of carbonyl (C=O) groups is 1. The molecular weight excluding hydrogens is 196 g/mol. The molecule has 2 nitrogen and oxygen atoms in total. The fraction of sp³-hybridized carbons (Fsp3) is 0.909. The van der Waals surface area contributed by atoms with Crippen molar-refractivity contribution in [3.8, 4) is 0 Å². The molecule has 3 heteroatoms. The Labute approximate surface area is 91.8 Å². The average Bonchev–Trinajstić information content (AvgIpc) is 2.14. The lowest BCUT2D eigenvalue weighted by atomic mass is 10.2. The van der Waals surface area contributed by atoms with Crippen LogP contribution < -0.4 is 0 Å². The van der Waals surface area contributed by atoms with Gasteiger partial charge in [-0.05, 0) is 30.3 Å². The third-order valence-electron chi connectivity index (χ3n) is 1.60. The van der Waals surface area contributed by atoms with Gasteiger partial charge in [-0.3, -0.25) is 4.79 Å². The van der Waals surface area contributed by atoms with E-state index in [1.54, 1.807) is 0 Å². The summed E-state index contributed by atoms with van der Waals surface area (Å²) in [7, 11) is 0. The van der Waals surface area contributed by atoms with Crippen molar-refractivity contribution in [1.29, 1.82) is 0 Å². The van der Waals surface area contributed by atoms with Crippen LogP contribution in [0.25, 0.3) is 0 Å². The lowest BCUT2D eigenvalue weighted by Crippen LogP contribution is -2.09. The van der Waals surface area contributed by atoms with Crippen LogP contribution in [-0.2, 0) is 9.53 Å². The van der Waals surface area contributed by atoms with Crippen molar-refractivity contribution in [2.24, 2.45) is 5.92 Å². The van der Waals surface area contributed by atoms with Crippen LogP contribution in [0, 0.1) is 5.92 Å². The Morgan fingerprint density at radius 2 is 2.07 bits per heavy atom. The number of esters is 1. The zero-order valence-corrected chi connectivity index (χ0v) is 10.4. The molecule has 0 N–H and O–H groups in total. The average molecular weight is 218 g/mol. The first-order valence-electron chi connectivity index (χ1n) is 5.40. The Morgan fingerprint density at radius 3 is 2.64 bits per heavy atom. The molecule has 0 spiro atoms. The number of hydrogen-bond donors (Lipinski definition) is 0. The quantitative estimate of drug-likeness (QED) is 0.462. The lowest BCUT2D eigenvalue weighted by molar-refractivity contribution is -0.144. The zero-order valence-electron chi connectivity index (χ0n) is 9.54. The van der Waals surface area contributed by atoms with E-state index < -0.39 is 0 Å². The minimum atomic E-state index is -0.0456. The zero-order chi connectivity index (χ0) is 10.8. The molecule has 0 saturated heterocycles. The van der Waals surface area contributed by atoms with Crippen LogP contribution in [0.2, 0.25) is 0 Å². The first-order chi connectivity index (χ1) is 6.66. The molecule has 0 unspecified atom stereocenters. The number of rotatable bonds is 8. The minimum Gasteiger partial charge on any atom is -0.465 e. The Morgan fingerprint density at radius 1 is 1.36 bits per heavy atom. The molecule has 0 rings (SSSR count). The smallest absolute Gasteiger partial charge is 0.305 e. The molecule has 84 valence electrons. The highest BCUT2D eigenvalue weighted by Gasteiger charge is 2.03. The molecule has 0 aliphatic carbocycles. The predicted molar refractivity (Wildman–Crippen MR) is 62.6 cm³/mol. The van der Waals surface area contributed by atoms with Gasteiger partial charge in [0.2, 0.25) is 0 Å². The van der Waals surface area contributed by atoms with Crippen molar-refractivity contribution in [3.63, 3.8) is 0 Å². The maximum absolute atomic E-state index is 11.1. The van der Waals surface area contributed by atoms with Crippen molar-refractivity contribution in [2.45, 2.75) is 40.0 Å². The second kappa shape index (κ2) is 9.38. The highest BCUT2D eigenvalue weighted by Crippen LogP contribution is 2.06. The number of hydrogen-bond acceptors (Lipinski definition) is 3. The van der Waals surface area contributed by atoms with E-state index in [-0.39, 0.29) is 5.97 Å². The van der Waals surface area contributed by atoms with Crippen molar-refractivity contribution >= 4 is 17.7 Å². The van der Waals surface area contributed by atoms with Crippen molar-refractivity contribution < 1.29 is 9.53 Å². The van der Waals surface area contributed by atoms with Crippen molar-refractivity contribution in [1.82, 2.24) is 0 Å². The second-order valence-corrected chi connectivity index (χ2v) is 5.02. The first kappa shape index (κ1) is 13.8. The Hall–Kier alpha value is -0.180. The third-order valence-corrected chi connectivity index (χ3v) is 2.87. The van der Waals surface area contributed by atoms with E-state index in [0.717, 1.165) is 12.2 Å². The van der Waals surface area contributed by atoms with Crippen LogP contribution in [0.15, 0.2) is 0 Å². The molecule has 0 atom stereocenters.